The molecule has 5 rings (SSSR count). The van der Waals surface area contributed by atoms with Gasteiger partial charge >= 0.3 is 0 Å². The van der Waals surface area contributed by atoms with Crippen molar-refractivity contribution in [2.45, 2.75) is 105 Å². The van der Waals surface area contributed by atoms with Gasteiger partial charge in [0.25, 0.3) is 0 Å². The molecule has 0 aromatic carbocycles. The monoisotopic (exact) mass is 370 g/mol. The highest BCUT2D eigenvalue weighted by atomic mass is 16.1. The zero-order valence-corrected chi connectivity index (χ0v) is 18.6. The van der Waals surface area contributed by atoms with Gasteiger partial charge in [-0.15, -0.1) is 0 Å². The lowest BCUT2D eigenvalue weighted by atomic mass is 9.36. The third-order valence-corrected chi connectivity index (χ3v) is 11.7. The van der Waals surface area contributed by atoms with Crippen LogP contribution in [0.3, 0.4) is 0 Å². The molecule has 0 aromatic rings. The van der Waals surface area contributed by atoms with Crippen LogP contribution in [0.2, 0.25) is 0 Å². The standard InChI is InChI=1S/C26H42O/c1-23(2)20-11-15-25(4)19-10-14-24(3)13-6-7-18(24)17(19)8-9-21(25)26(20,5)16-12-22(23)27/h17-21H,6-16H2,1-5H3. The Morgan fingerprint density at radius 3 is 2.26 bits per heavy atom. The molecule has 0 spiro atoms. The van der Waals surface area contributed by atoms with Gasteiger partial charge in [-0.2, -0.15) is 0 Å². The predicted molar refractivity (Wildman–Crippen MR) is 111 cm³/mol. The van der Waals surface area contributed by atoms with Crippen molar-refractivity contribution in [2.24, 2.45) is 51.2 Å². The van der Waals surface area contributed by atoms with Gasteiger partial charge in [0.2, 0.25) is 0 Å². The maximum absolute atomic E-state index is 12.7. The summed E-state index contributed by atoms with van der Waals surface area (Å²) >= 11 is 0. The summed E-state index contributed by atoms with van der Waals surface area (Å²) in [5, 5.41) is 0. The van der Waals surface area contributed by atoms with Gasteiger partial charge < -0.3 is 0 Å². The number of carbonyl (C=O) groups is 1. The minimum Gasteiger partial charge on any atom is -0.299 e. The minimum absolute atomic E-state index is 0.0955. The van der Waals surface area contributed by atoms with E-state index in [4.69, 9.17) is 0 Å². The minimum atomic E-state index is -0.0955. The maximum Gasteiger partial charge on any atom is 0.138 e. The maximum atomic E-state index is 12.7. The molecule has 0 aliphatic heterocycles. The number of hydrogen-bond acceptors (Lipinski definition) is 1. The molecule has 5 aliphatic rings. The number of ketones is 1. The van der Waals surface area contributed by atoms with Gasteiger partial charge in [-0.1, -0.05) is 41.0 Å². The SMILES string of the molecule is CC12CCCC1C1CCC3C(C)(CCC4C(C)(C)C(=O)CCC43C)C1CC2. The largest absolute Gasteiger partial charge is 0.299 e. The first-order valence-corrected chi connectivity index (χ1v) is 12.2. The molecule has 0 heterocycles. The summed E-state index contributed by atoms with van der Waals surface area (Å²) in [5.41, 5.74) is 1.51. The molecule has 1 nitrogen and oxygen atoms in total. The van der Waals surface area contributed by atoms with Crippen LogP contribution >= 0.6 is 0 Å². The Morgan fingerprint density at radius 1 is 0.704 bits per heavy atom. The van der Waals surface area contributed by atoms with Crippen molar-refractivity contribution in [3.8, 4) is 0 Å². The average Bonchev–Trinajstić information content (AvgIpc) is 3.00. The lowest BCUT2D eigenvalue weighted by Gasteiger charge is -2.68. The van der Waals surface area contributed by atoms with Gasteiger partial charge in [0.15, 0.2) is 0 Å². The van der Waals surface area contributed by atoms with Crippen LogP contribution in [-0.2, 0) is 4.79 Å². The Hall–Kier alpha value is -0.330. The van der Waals surface area contributed by atoms with Crippen molar-refractivity contribution in [2.75, 3.05) is 0 Å². The highest BCUT2D eigenvalue weighted by molar-refractivity contribution is 5.85. The third-order valence-electron chi connectivity index (χ3n) is 11.7. The Morgan fingerprint density at radius 2 is 1.48 bits per heavy atom. The van der Waals surface area contributed by atoms with E-state index in [0.717, 1.165) is 30.1 Å². The lowest BCUT2D eigenvalue weighted by molar-refractivity contribution is -0.195. The Balaban J connectivity index is 1.49. The van der Waals surface area contributed by atoms with Crippen LogP contribution in [0.25, 0.3) is 0 Å². The third kappa shape index (κ3) is 2.27. The van der Waals surface area contributed by atoms with Gasteiger partial charge in [-0.3, -0.25) is 4.79 Å². The molecule has 8 unspecified atom stereocenters. The van der Waals surface area contributed by atoms with E-state index in [1.54, 1.807) is 0 Å². The van der Waals surface area contributed by atoms with Crippen molar-refractivity contribution in [3.05, 3.63) is 0 Å². The van der Waals surface area contributed by atoms with Gasteiger partial charge in [-0.05, 0) is 104 Å². The smallest absolute Gasteiger partial charge is 0.138 e. The van der Waals surface area contributed by atoms with E-state index >= 15 is 0 Å². The summed E-state index contributed by atoms with van der Waals surface area (Å²) < 4.78 is 0. The first-order valence-electron chi connectivity index (χ1n) is 12.2. The van der Waals surface area contributed by atoms with Crippen LogP contribution in [0.1, 0.15) is 105 Å². The second kappa shape index (κ2) is 5.63. The van der Waals surface area contributed by atoms with E-state index in [9.17, 15) is 4.79 Å². The van der Waals surface area contributed by atoms with Crippen LogP contribution in [0.4, 0.5) is 0 Å². The summed E-state index contributed by atoms with van der Waals surface area (Å²) in [5.74, 6) is 4.99. The molecule has 8 atom stereocenters. The van der Waals surface area contributed by atoms with Gasteiger partial charge in [0.1, 0.15) is 5.78 Å². The second-order valence-corrected chi connectivity index (χ2v) is 12.8. The van der Waals surface area contributed by atoms with E-state index in [1.165, 1.54) is 64.2 Å². The number of rotatable bonds is 0. The van der Waals surface area contributed by atoms with Crippen molar-refractivity contribution in [3.63, 3.8) is 0 Å². The Bertz CT molecular complexity index is 649. The van der Waals surface area contributed by atoms with E-state index in [-0.39, 0.29) is 5.41 Å². The molecule has 0 saturated heterocycles. The summed E-state index contributed by atoms with van der Waals surface area (Å²) in [6.45, 7) is 12.5. The Labute approximate surface area is 167 Å². The quantitative estimate of drug-likeness (QED) is 0.447. The topological polar surface area (TPSA) is 17.1 Å². The zero-order chi connectivity index (χ0) is 19.2. The average molecular weight is 371 g/mol. The summed E-state index contributed by atoms with van der Waals surface area (Å²) in [6.07, 6.45) is 15.1. The Kier molecular flexibility index (Phi) is 3.90. The van der Waals surface area contributed by atoms with E-state index in [2.05, 4.69) is 34.6 Å². The zero-order valence-electron chi connectivity index (χ0n) is 18.6. The molecular weight excluding hydrogens is 328 g/mol. The fourth-order valence-corrected chi connectivity index (χ4v) is 10.4. The molecule has 0 aromatic heterocycles. The van der Waals surface area contributed by atoms with Crippen molar-refractivity contribution in [1.29, 1.82) is 0 Å². The molecule has 152 valence electrons. The molecule has 0 amide bonds. The predicted octanol–water partition coefficient (Wildman–Crippen LogP) is 7.04. The molecule has 5 aliphatic carbocycles. The van der Waals surface area contributed by atoms with Gasteiger partial charge in [0, 0.05) is 11.8 Å². The number of carbonyl (C=O) groups excluding carboxylic acids is 1. The highest BCUT2D eigenvalue weighted by Crippen LogP contribution is 2.72. The highest BCUT2D eigenvalue weighted by Gasteiger charge is 2.65. The molecular formula is C26H42O. The molecule has 0 bridgehead atoms. The van der Waals surface area contributed by atoms with E-state index in [0.29, 0.717) is 27.9 Å². The summed E-state index contributed by atoms with van der Waals surface area (Å²) in [6, 6.07) is 0. The number of fused-ring (bicyclic) bond motifs is 7. The second-order valence-electron chi connectivity index (χ2n) is 12.8. The summed E-state index contributed by atoms with van der Waals surface area (Å²) in [7, 11) is 0. The fourth-order valence-electron chi connectivity index (χ4n) is 10.4. The van der Waals surface area contributed by atoms with Crippen LogP contribution in [0.15, 0.2) is 0 Å². The van der Waals surface area contributed by atoms with Crippen molar-refractivity contribution in [1.82, 2.24) is 0 Å². The van der Waals surface area contributed by atoms with E-state index in [1.807, 2.05) is 0 Å². The van der Waals surface area contributed by atoms with Crippen molar-refractivity contribution < 1.29 is 4.79 Å². The normalized spacial score (nSPS) is 56.6. The molecule has 0 radical (unpaired) electrons. The van der Waals surface area contributed by atoms with Gasteiger partial charge in [-0.25, -0.2) is 0 Å². The lowest BCUT2D eigenvalue weighted by Crippen LogP contribution is -2.62. The van der Waals surface area contributed by atoms with Crippen LogP contribution in [0, 0.1) is 51.2 Å². The molecule has 1 heteroatoms. The summed E-state index contributed by atoms with van der Waals surface area (Å²) in [4.78, 5) is 12.7. The van der Waals surface area contributed by atoms with Crippen molar-refractivity contribution >= 4 is 5.78 Å². The van der Waals surface area contributed by atoms with Crippen LogP contribution in [-0.4, -0.2) is 5.78 Å². The number of hydrogen-bond donors (Lipinski definition) is 0. The molecule has 5 saturated carbocycles. The number of Topliss-reactive ketones (excluding diaryl/α,β-unsaturated/α-hetero) is 1. The molecule has 5 fully saturated rings. The first-order chi connectivity index (χ1) is 12.6. The molecule has 27 heavy (non-hydrogen) atoms. The van der Waals surface area contributed by atoms with Gasteiger partial charge in [0.05, 0.1) is 0 Å². The molecule has 0 N–H and O–H groups in total. The van der Waals surface area contributed by atoms with E-state index < -0.39 is 0 Å². The fraction of sp³-hybridized carbons (Fsp3) is 0.962. The first kappa shape index (κ1) is 18.7. The van der Waals surface area contributed by atoms with Crippen LogP contribution in [0.5, 0.6) is 0 Å². The van der Waals surface area contributed by atoms with Crippen LogP contribution < -0.4 is 0 Å².